The lowest BCUT2D eigenvalue weighted by atomic mass is 9.94. The predicted octanol–water partition coefficient (Wildman–Crippen LogP) is 5.39. The first-order valence-corrected chi connectivity index (χ1v) is 9.80. The van der Waals surface area contributed by atoms with Gasteiger partial charge in [-0.2, -0.15) is 18.3 Å². The maximum atomic E-state index is 13.4. The minimum atomic E-state index is -4.46. The smallest absolute Gasteiger partial charge is 0.295 e. The van der Waals surface area contributed by atoms with Crippen molar-refractivity contribution in [2.45, 2.75) is 32.5 Å². The first-order valence-electron chi connectivity index (χ1n) is 9.80. The van der Waals surface area contributed by atoms with Crippen LogP contribution in [0, 0.1) is 5.92 Å². The van der Waals surface area contributed by atoms with Crippen LogP contribution in [-0.2, 0) is 19.6 Å². The molecule has 0 spiro atoms. The summed E-state index contributed by atoms with van der Waals surface area (Å²) < 4.78 is 41.8. The van der Waals surface area contributed by atoms with Crippen LogP contribution in [-0.4, -0.2) is 15.7 Å². The monoisotopic (exact) mass is 413 g/mol. The van der Waals surface area contributed by atoms with Crippen molar-refractivity contribution in [2.24, 2.45) is 13.0 Å². The number of halogens is 3. The first kappa shape index (κ1) is 20.2. The summed E-state index contributed by atoms with van der Waals surface area (Å²) in [6, 6.07) is 13.6. The number of hydrogen-bond donors (Lipinski definition) is 0. The first-order chi connectivity index (χ1) is 14.2. The van der Waals surface area contributed by atoms with Crippen molar-refractivity contribution in [3.05, 3.63) is 82.7 Å². The van der Waals surface area contributed by atoms with E-state index in [0.717, 1.165) is 17.8 Å². The van der Waals surface area contributed by atoms with Gasteiger partial charge in [0.15, 0.2) is 0 Å². The zero-order chi connectivity index (χ0) is 21.6. The molecule has 3 aromatic rings. The highest BCUT2D eigenvalue weighted by Gasteiger charge is 2.44. The fourth-order valence-electron chi connectivity index (χ4n) is 4.09. The number of aryl methyl sites for hydroxylation is 1. The molecule has 0 N–H and O–H groups in total. The average molecular weight is 413 g/mol. The molecule has 7 heteroatoms. The molecule has 0 radical (unpaired) electrons. The maximum absolute atomic E-state index is 13.4. The van der Waals surface area contributed by atoms with Gasteiger partial charge in [-0.05, 0) is 42.2 Å². The van der Waals surface area contributed by atoms with Crippen molar-refractivity contribution in [1.29, 1.82) is 0 Å². The van der Waals surface area contributed by atoms with Crippen molar-refractivity contribution >= 4 is 11.6 Å². The molecule has 4 rings (SSSR count). The van der Waals surface area contributed by atoms with E-state index in [2.05, 4.69) is 5.10 Å². The molecular weight excluding hydrogens is 391 g/mol. The fraction of sp³-hybridized carbons (Fsp3) is 0.304. The van der Waals surface area contributed by atoms with Crippen LogP contribution in [0.5, 0.6) is 0 Å². The van der Waals surface area contributed by atoms with Crippen LogP contribution in [0.3, 0.4) is 0 Å². The number of para-hydroxylation sites is 1. The van der Waals surface area contributed by atoms with Crippen LogP contribution >= 0.6 is 0 Å². The highest BCUT2D eigenvalue weighted by atomic mass is 19.4. The van der Waals surface area contributed by atoms with E-state index >= 15 is 0 Å². The standard InChI is InChI=1S/C23H22F3N3O/c1-14(2)12-18-19-20(15-8-7-9-16(13-15)23(24,25)26)29(17-10-5-4-6-11-17)22(30)21(19)28(3)27-18/h4-11,13-14,20H,12H2,1-3H3. The van der Waals surface area contributed by atoms with Crippen molar-refractivity contribution in [3.63, 3.8) is 0 Å². The number of fused-ring (bicyclic) bond motifs is 1. The fourth-order valence-corrected chi connectivity index (χ4v) is 4.09. The van der Waals surface area contributed by atoms with Crippen molar-refractivity contribution in [3.8, 4) is 0 Å². The van der Waals surface area contributed by atoms with Crippen LogP contribution < -0.4 is 4.90 Å². The van der Waals surface area contributed by atoms with Gasteiger partial charge in [0.1, 0.15) is 5.69 Å². The summed E-state index contributed by atoms with van der Waals surface area (Å²) in [6.45, 7) is 4.10. The third-order valence-corrected chi connectivity index (χ3v) is 5.28. The van der Waals surface area contributed by atoms with Gasteiger partial charge in [-0.1, -0.05) is 44.2 Å². The minimum absolute atomic E-state index is 0.261. The number of nitrogens with zero attached hydrogens (tertiary/aromatic N) is 3. The molecule has 156 valence electrons. The number of amides is 1. The molecule has 1 amide bonds. The van der Waals surface area contributed by atoms with Gasteiger partial charge in [0.2, 0.25) is 0 Å². The third kappa shape index (κ3) is 3.38. The summed E-state index contributed by atoms with van der Waals surface area (Å²) in [7, 11) is 1.71. The van der Waals surface area contributed by atoms with Crippen LogP contribution in [0.1, 0.15) is 52.8 Å². The molecule has 4 nitrogen and oxygen atoms in total. The number of hydrogen-bond acceptors (Lipinski definition) is 2. The predicted molar refractivity (Wildman–Crippen MR) is 108 cm³/mol. The molecule has 1 aliphatic heterocycles. The highest BCUT2D eigenvalue weighted by molar-refractivity contribution is 6.10. The number of benzene rings is 2. The van der Waals surface area contributed by atoms with E-state index in [1.54, 1.807) is 34.8 Å². The lowest BCUT2D eigenvalue weighted by Crippen LogP contribution is -2.30. The highest BCUT2D eigenvalue weighted by Crippen LogP contribution is 2.44. The Bertz CT molecular complexity index is 1090. The van der Waals surface area contributed by atoms with Gasteiger partial charge in [-0.15, -0.1) is 0 Å². The van der Waals surface area contributed by atoms with Crippen LogP contribution in [0.25, 0.3) is 0 Å². The van der Waals surface area contributed by atoms with E-state index in [1.165, 1.54) is 6.07 Å². The Morgan fingerprint density at radius 2 is 1.77 bits per heavy atom. The molecule has 0 saturated carbocycles. The van der Waals surface area contributed by atoms with Gasteiger partial charge in [-0.25, -0.2) is 0 Å². The maximum Gasteiger partial charge on any atom is 0.416 e. The minimum Gasteiger partial charge on any atom is -0.295 e. The molecule has 0 fully saturated rings. The molecule has 0 saturated heterocycles. The third-order valence-electron chi connectivity index (χ3n) is 5.28. The number of carbonyl (C=O) groups excluding carboxylic acids is 1. The molecule has 1 aromatic heterocycles. The molecule has 1 unspecified atom stereocenters. The molecule has 30 heavy (non-hydrogen) atoms. The quantitative estimate of drug-likeness (QED) is 0.575. The zero-order valence-corrected chi connectivity index (χ0v) is 16.9. The Morgan fingerprint density at radius 1 is 1.07 bits per heavy atom. The van der Waals surface area contributed by atoms with Gasteiger partial charge >= 0.3 is 6.18 Å². The number of aromatic nitrogens is 2. The van der Waals surface area contributed by atoms with Gasteiger partial charge in [0, 0.05) is 18.3 Å². The second kappa shape index (κ2) is 7.31. The normalized spacial score (nSPS) is 16.4. The number of alkyl halides is 3. The summed E-state index contributed by atoms with van der Waals surface area (Å²) in [5.41, 5.74) is 2.19. The van der Waals surface area contributed by atoms with Gasteiger partial charge in [0.25, 0.3) is 5.91 Å². The second-order valence-corrected chi connectivity index (χ2v) is 7.97. The molecule has 1 aliphatic rings. The molecule has 2 heterocycles. The van der Waals surface area contributed by atoms with Crippen LogP contribution in [0.4, 0.5) is 18.9 Å². The Labute approximate surface area is 172 Å². The molecule has 0 bridgehead atoms. The second-order valence-electron chi connectivity index (χ2n) is 7.97. The lowest BCUT2D eigenvalue weighted by molar-refractivity contribution is -0.137. The Balaban J connectivity index is 1.95. The molecule has 1 atom stereocenters. The van der Waals surface area contributed by atoms with E-state index in [1.807, 2.05) is 32.0 Å². The van der Waals surface area contributed by atoms with E-state index < -0.39 is 17.8 Å². The SMILES string of the molecule is CC(C)Cc1nn(C)c2c1C(c1cccc(C(F)(F)F)c1)N(c1ccccc1)C2=O. The molecule has 2 aromatic carbocycles. The molecule has 0 aliphatic carbocycles. The Kier molecular flexibility index (Phi) is 4.92. The van der Waals surface area contributed by atoms with E-state index in [4.69, 9.17) is 0 Å². The Hall–Kier alpha value is -3.09. The van der Waals surface area contributed by atoms with Crippen LogP contribution in [0.2, 0.25) is 0 Å². The van der Waals surface area contributed by atoms with Crippen molar-refractivity contribution in [2.75, 3.05) is 4.90 Å². The number of carbonyl (C=O) groups is 1. The van der Waals surface area contributed by atoms with Crippen LogP contribution in [0.15, 0.2) is 54.6 Å². The molecular formula is C23H22F3N3O. The summed E-state index contributed by atoms with van der Waals surface area (Å²) in [6.07, 6.45) is -3.83. The van der Waals surface area contributed by atoms with Gasteiger partial charge in [0.05, 0.1) is 17.3 Å². The average Bonchev–Trinajstić information content (AvgIpc) is 3.17. The van der Waals surface area contributed by atoms with Crippen molar-refractivity contribution in [1.82, 2.24) is 9.78 Å². The van der Waals surface area contributed by atoms with E-state index in [0.29, 0.717) is 28.9 Å². The van der Waals surface area contributed by atoms with Crippen molar-refractivity contribution < 1.29 is 18.0 Å². The van der Waals surface area contributed by atoms with Gasteiger partial charge < -0.3 is 0 Å². The van der Waals surface area contributed by atoms with Gasteiger partial charge in [-0.3, -0.25) is 14.4 Å². The van der Waals surface area contributed by atoms with E-state index in [9.17, 15) is 18.0 Å². The van der Waals surface area contributed by atoms with E-state index in [-0.39, 0.29) is 11.8 Å². The Morgan fingerprint density at radius 3 is 2.40 bits per heavy atom. The summed E-state index contributed by atoms with van der Waals surface area (Å²) in [5.74, 6) is 0.0238. The lowest BCUT2D eigenvalue weighted by Gasteiger charge is -2.27. The number of anilines is 1. The number of rotatable bonds is 4. The zero-order valence-electron chi connectivity index (χ0n) is 16.9. The topological polar surface area (TPSA) is 38.1 Å². The summed E-state index contributed by atoms with van der Waals surface area (Å²) >= 11 is 0. The largest absolute Gasteiger partial charge is 0.416 e. The summed E-state index contributed by atoms with van der Waals surface area (Å²) in [4.78, 5) is 15.0. The summed E-state index contributed by atoms with van der Waals surface area (Å²) in [5, 5.41) is 4.54.